The quantitative estimate of drug-likeness (QED) is 0.738. The number of hydrogen-bond acceptors (Lipinski definition) is 2. The monoisotopic (exact) mass is 236 g/mol. The van der Waals surface area contributed by atoms with E-state index in [4.69, 9.17) is 6.42 Å². The fraction of sp³-hybridized carbons (Fsp3) is 0.692. The number of nitrogens with zero attached hydrogens (tertiary/aromatic N) is 1. The summed E-state index contributed by atoms with van der Waals surface area (Å²) in [5, 5.41) is 2.78. The molecule has 94 valence electrons. The Hall–Kier alpha value is -1.50. The zero-order valence-corrected chi connectivity index (χ0v) is 10.7. The van der Waals surface area contributed by atoms with Crippen LogP contribution in [0.5, 0.6) is 0 Å². The van der Waals surface area contributed by atoms with Gasteiger partial charge in [0.25, 0.3) is 0 Å². The molecule has 1 fully saturated rings. The predicted molar refractivity (Wildman–Crippen MR) is 66.1 cm³/mol. The molecular formula is C13H20N2O2. The fourth-order valence-corrected chi connectivity index (χ4v) is 2.20. The average molecular weight is 236 g/mol. The van der Waals surface area contributed by atoms with Crippen LogP contribution in [0.4, 0.5) is 0 Å². The van der Waals surface area contributed by atoms with Gasteiger partial charge in [-0.25, -0.2) is 0 Å². The van der Waals surface area contributed by atoms with Gasteiger partial charge in [0.15, 0.2) is 0 Å². The maximum Gasteiger partial charge on any atom is 0.246 e. The summed E-state index contributed by atoms with van der Waals surface area (Å²) in [6.45, 7) is 5.65. The Balaban J connectivity index is 2.97. The molecule has 1 aliphatic rings. The highest BCUT2D eigenvalue weighted by atomic mass is 16.2. The van der Waals surface area contributed by atoms with Crippen molar-refractivity contribution in [3.05, 3.63) is 0 Å². The number of carbonyl (C=O) groups is 2. The molecule has 0 spiro atoms. The van der Waals surface area contributed by atoms with Crippen LogP contribution in [-0.4, -0.2) is 34.8 Å². The molecule has 0 bridgehead atoms. The minimum absolute atomic E-state index is 0.0521. The van der Waals surface area contributed by atoms with Crippen molar-refractivity contribution in [3.63, 3.8) is 0 Å². The lowest BCUT2D eigenvalue weighted by Gasteiger charge is -2.40. The molecule has 3 unspecified atom stereocenters. The highest BCUT2D eigenvalue weighted by molar-refractivity contribution is 5.97. The Kier molecular flexibility index (Phi) is 4.56. The summed E-state index contributed by atoms with van der Waals surface area (Å²) >= 11 is 0. The zero-order chi connectivity index (χ0) is 13.0. The van der Waals surface area contributed by atoms with E-state index < -0.39 is 12.1 Å². The van der Waals surface area contributed by atoms with Gasteiger partial charge in [-0.05, 0) is 19.8 Å². The van der Waals surface area contributed by atoms with E-state index in [0.29, 0.717) is 12.8 Å². The second-order valence-electron chi connectivity index (χ2n) is 4.36. The smallest absolute Gasteiger partial charge is 0.246 e. The van der Waals surface area contributed by atoms with E-state index in [1.807, 2.05) is 13.8 Å². The van der Waals surface area contributed by atoms with Gasteiger partial charge in [0.1, 0.15) is 12.1 Å². The van der Waals surface area contributed by atoms with Gasteiger partial charge < -0.3 is 10.2 Å². The number of terminal acetylenes is 1. The van der Waals surface area contributed by atoms with Crippen molar-refractivity contribution < 1.29 is 9.59 Å². The van der Waals surface area contributed by atoms with Crippen LogP contribution in [0.1, 0.15) is 40.0 Å². The highest BCUT2D eigenvalue weighted by Crippen LogP contribution is 2.18. The molecule has 0 aliphatic carbocycles. The van der Waals surface area contributed by atoms with Crippen molar-refractivity contribution in [3.8, 4) is 12.3 Å². The molecular weight excluding hydrogens is 216 g/mol. The van der Waals surface area contributed by atoms with Gasteiger partial charge >= 0.3 is 0 Å². The second kappa shape index (κ2) is 5.72. The Labute approximate surface area is 103 Å². The van der Waals surface area contributed by atoms with Crippen LogP contribution in [0.2, 0.25) is 0 Å². The predicted octanol–water partition coefficient (Wildman–Crippen LogP) is 0.914. The van der Waals surface area contributed by atoms with Gasteiger partial charge in [-0.1, -0.05) is 26.2 Å². The highest BCUT2D eigenvalue weighted by Gasteiger charge is 2.40. The molecule has 17 heavy (non-hydrogen) atoms. The molecule has 0 aromatic carbocycles. The molecule has 1 heterocycles. The lowest BCUT2D eigenvalue weighted by molar-refractivity contribution is -0.150. The molecule has 1 saturated heterocycles. The van der Waals surface area contributed by atoms with Crippen molar-refractivity contribution in [2.24, 2.45) is 0 Å². The van der Waals surface area contributed by atoms with E-state index in [9.17, 15) is 9.59 Å². The van der Waals surface area contributed by atoms with Crippen molar-refractivity contribution in [2.75, 3.05) is 0 Å². The number of nitrogens with one attached hydrogen (secondary N) is 1. The zero-order valence-electron chi connectivity index (χ0n) is 10.7. The first kappa shape index (κ1) is 13.6. The van der Waals surface area contributed by atoms with E-state index in [1.54, 1.807) is 11.8 Å². The maximum atomic E-state index is 12.2. The third kappa shape index (κ3) is 2.60. The fourth-order valence-electron chi connectivity index (χ4n) is 2.20. The first-order valence-corrected chi connectivity index (χ1v) is 6.15. The molecule has 1 aliphatic heterocycles. The number of carbonyl (C=O) groups excluding carboxylic acids is 2. The molecule has 2 amide bonds. The molecule has 3 atom stereocenters. The van der Waals surface area contributed by atoms with Crippen LogP contribution in [0.25, 0.3) is 0 Å². The number of amides is 2. The van der Waals surface area contributed by atoms with Crippen molar-refractivity contribution >= 4 is 11.8 Å². The van der Waals surface area contributed by atoms with E-state index >= 15 is 0 Å². The number of piperazine rings is 1. The van der Waals surface area contributed by atoms with E-state index in [2.05, 4.69) is 11.2 Å². The van der Waals surface area contributed by atoms with Crippen LogP contribution < -0.4 is 5.32 Å². The third-order valence-corrected chi connectivity index (χ3v) is 3.13. The van der Waals surface area contributed by atoms with Crippen LogP contribution in [0, 0.1) is 12.3 Å². The normalized spacial score (nSPS) is 26.4. The molecule has 0 saturated carbocycles. The Morgan fingerprint density at radius 3 is 2.59 bits per heavy atom. The van der Waals surface area contributed by atoms with Crippen LogP contribution in [0.3, 0.4) is 0 Å². The van der Waals surface area contributed by atoms with E-state index in [1.165, 1.54) is 0 Å². The summed E-state index contributed by atoms with van der Waals surface area (Å²) < 4.78 is 0. The van der Waals surface area contributed by atoms with Crippen molar-refractivity contribution in [1.29, 1.82) is 0 Å². The Morgan fingerprint density at radius 1 is 1.47 bits per heavy atom. The third-order valence-electron chi connectivity index (χ3n) is 3.13. The summed E-state index contributed by atoms with van der Waals surface area (Å²) in [5.74, 6) is 2.40. The first-order valence-electron chi connectivity index (χ1n) is 6.15. The van der Waals surface area contributed by atoms with Gasteiger partial charge in [0.05, 0.1) is 6.04 Å². The Morgan fingerprint density at radius 2 is 2.12 bits per heavy atom. The van der Waals surface area contributed by atoms with Gasteiger partial charge in [-0.3, -0.25) is 9.59 Å². The average Bonchev–Trinajstić information content (AvgIpc) is 2.32. The SMILES string of the molecule is C#CC(C)N1C(=O)C(CCC)NC(=O)C1CC. The lowest BCUT2D eigenvalue weighted by atomic mass is 10.00. The standard InChI is InChI=1S/C13H20N2O2/c1-5-8-10-13(17)15(9(4)6-2)11(7-3)12(16)14-10/h2,9-11H,5,7-8H2,1,3-4H3,(H,14,16). The Bertz CT molecular complexity index is 346. The van der Waals surface area contributed by atoms with Gasteiger partial charge in [0.2, 0.25) is 11.8 Å². The molecule has 1 rings (SSSR count). The summed E-state index contributed by atoms with van der Waals surface area (Å²) in [4.78, 5) is 25.7. The topological polar surface area (TPSA) is 49.4 Å². The summed E-state index contributed by atoms with van der Waals surface area (Å²) in [7, 11) is 0. The van der Waals surface area contributed by atoms with E-state index in [0.717, 1.165) is 6.42 Å². The minimum atomic E-state index is -0.429. The van der Waals surface area contributed by atoms with Gasteiger partial charge in [0, 0.05) is 0 Å². The summed E-state index contributed by atoms with van der Waals surface area (Å²) in [5.41, 5.74) is 0. The van der Waals surface area contributed by atoms with Crippen molar-refractivity contribution in [1.82, 2.24) is 10.2 Å². The number of hydrogen-bond donors (Lipinski definition) is 1. The largest absolute Gasteiger partial charge is 0.343 e. The summed E-state index contributed by atoms with van der Waals surface area (Å²) in [6.07, 6.45) is 7.47. The lowest BCUT2D eigenvalue weighted by Crippen LogP contribution is -2.64. The second-order valence-corrected chi connectivity index (χ2v) is 4.36. The molecule has 4 heteroatoms. The van der Waals surface area contributed by atoms with Crippen LogP contribution >= 0.6 is 0 Å². The molecule has 0 aromatic rings. The first-order chi connectivity index (χ1) is 8.06. The molecule has 0 aromatic heterocycles. The van der Waals surface area contributed by atoms with Crippen molar-refractivity contribution in [2.45, 2.75) is 58.2 Å². The van der Waals surface area contributed by atoms with Crippen LogP contribution in [-0.2, 0) is 9.59 Å². The number of rotatable bonds is 4. The molecule has 4 nitrogen and oxygen atoms in total. The minimum Gasteiger partial charge on any atom is -0.343 e. The molecule has 0 radical (unpaired) electrons. The van der Waals surface area contributed by atoms with Crippen LogP contribution in [0.15, 0.2) is 0 Å². The maximum absolute atomic E-state index is 12.2. The van der Waals surface area contributed by atoms with Gasteiger partial charge in [-0.15, -0.1) is 6.42 Å². The van der Waals surface area contributed by atoms with Gasteiger partial charge in [-0.2, -0.15) is 0 Å². The van der Waals surface area contributed by atoms with E-state index in [-0.39, 0.29) is 17.9 Å². The summed E-state index contributed by atoms with van der Waals surface area (Å²) in [6, 6.07) is -1.18. The molecule has 1 N–H and O–H groups in total.